The molecule has 2 N–H and O–H groups in total. The van der Waals surface area contributed by atoms with E-state index in [0.29, 0.717) is 40.7 Å². The number of allylic oxidation sites excluding steroid dienone is 1. The molecular weight excluding hydrogens is 658 g/mol. The van der Waals surface area contributed by atoms with E-state index in [4.69, 9.17) is 0 Å². The van der Waals surface area contributed by atoms with Crippen LogP contribution in [0, 0.1) is 31.1 Å². The maximum Gasteiger partial charge on any atom is 0.392 e. The molecule has 1 unspecified atom stereocenters. The summed E-state index contributed by atoms with van der Waals surface area (Å²) in [5.74, 6) is 3.15. The van der Waals surface area contributed by atoms with Gasteiger partial charge in [-0.25, -0.2) is 4.98 Å². The van der Waals surface area contributed by atoms with Crippen molar-refractivity contribution in [1.82, 2.24) is 24.3 Å². The van der Waals surface area contributed by atoms with Crippen molar-refractivity contribution < 1.29 is 13.2 Å². The largest absolute Gasteiger partial charge is 0.392 e. The molecule has 2 aliphatic heterocycles. The molecule has 12 heteroatoms. The van der Waals surface area contributed by atoms with Gasteiger partial charge in [-0.2, -0.15) is 35.2 Å². The van der Waals surface area contributed by atoms with Crippen LogP contribution in [0.4, 0.5) is 24.9 Å². The lowest BCUT2D eigenvalue weighted by Gasteiger charge is -2.33. The van der Waals surface area contributed by atoms with Crippen LogP contribution < -0.4 is 10.6 Å². The molecule has 0 aliphatic carbocycles. The molecule has 2 saturated heterocycles. The quantitative estimate of drug-likeness (QED) is 0.194. The van der Waals surface area contributed by atoms with Crippen LogP contribution >= 0.6 is 11.8 Å². The average Bonchev–Trinajstić information content (AvgIpc) is 3.48. The molecule has 3 aromatic rings. The van der Waals surface area contributed by atoms with E-state index in [1.807, 2.05) is 52.4 Å². The third-order valence-electron chi connectivity index (χ3n) is 9.99. The summed E-state index contributed by atoms with van der Waals surface area (Å²) < 4.78 is 42.7. The lowest BCUT2D eigenvalue weighted by molar-refractivity contribution is -0.128. The van der Waals surface area contributed by atoms with Crippen molar-refractivity contribution in [3.05, 3.63) is 51.9 Å². The van der Waals surface area contributed by atoms with Gasteiger partial charge in [0.2, 0.25) is 5.95 Å². The SMILES string of the molecule is CC.CCC(C)/C(=C\c1c(C)nc(NC)nc1NC1CCN(Cc2ccc3c(cc(C#N)n3CCN3CCSCC3)c2C)CC1)CC(F)(F)F. The molecule has 274 valence electrons. The minimum absolute atomic E-state index is 0.136. The third-order valence-corrected chi connectivity index (χ3v) is 10.9. The molecule has 2 aromatic heterocycles. The molecular formula is C38H55F3N8S. The molecule has 50 heavy (non-hydrogen) atoms. The highest BCUT2D eigenvalue weighted by atomic mass is 32.2. The van der Waals surface area contributed by atoms with Crippen LogP contribution in [0.1, 0.15) is 81.5 Å². The van der Waals surface area contributed by atoms with Crippen molar-refractivity contribution in [2.45, 2.75) is 92.5 Å². The fourth-order valence-electron chi connectivity index (χ4n) is 6.78. The van der Waals surface area contributed by atoms with Crippen LogP contribution in [0.25, 0.3) is 17.0 Å². The number of nitriles is 1. The predicted molar refractivity (Wildman–Crippen MR) is 203 cm³/mol. The van der Waals surface area contributed by atoms with Gasteiger partial charge in [-0.3, -0.25) is 9.80 Å². The van der Waals surface area contributed by atoms with Crippen molar-refractivity contribution in [3.63, 3.8) is 0 Å². The highest BCUT2D eigenvalue weighted by molar-refractivity contribution is 7.99. The Morgan fingerprint density at radius 3 is 2.40 bits per heavy atom. The van der Waals surface area contributed by atoms with Gasteiger partial charge in [0, 0.05) is 86.9 Å². The summed E-state index contributed by atoms with van der Waals surface area (Å²) in [4.78, 5) is 14.1. The maximum atomic E-state index is 13.5. The number of halogens is 3. The van der Waals surface area contributed by atoms with E-state index in [-0.39, 0.29) is 12.0 Å². The monoisotopic (exact) mass is 712 g/mol. The Morgan fingerprint density at radius 1 is 1.08 bits per heavy atom. The first-order valence-corrected chi connectivity index (χ1v) is 19.3. The number of alkyl halides is 3. The van der Waals surface area contributed by atoms with E-state index in [2.05, 4.69) is 60.1 Å². The fraction of sp³-hybridized carbons (Fsp3) is 0.605. The van der Waals surface area contributed by atoms with Gasteiger partial charge in [0.05, 0.1) is 12.1 Å². The summed E-state index contributed by atoms with van der Waals surface area (Å²) in [7, 11) is 1.74. The first kappa shape index (κ1) is 39.5. The molecule has 4 heterocycles. The number of nitrogens with one attached hydrogen (secondary N) is 2. The highest BCUT2D eigenvalue weighted by Crippen LogP contribution is 2.34. The standard InChI is InChI=1S/C36H49F3N8S.C2H6/c1-6-24(2)28(21-36(37,38)39)19-32-26(4)42-35(41-5)44-34(32)43-29-9-11-46(12-10-29)23-27-7-8-33-31(25(27)3)20-30(22-40)47(33)14-13-45-15-17-48-18-16-45;1-2/h7-8,19-20,24,29H,6,9-18,21,23H2,1-5H3,(H2,41,42,43,44);1-2H3/b28-19-;. The summed E-state index contributed by atoms with van der Waals surface area (Å²) in [6, 6.07) is 9.00. The zero-order valence-electron chi connectivity index (χ0n) is 30.9. The van der Waals surface area contributed by atoms with Crippen molar-refractivity contribution in [2.24, 2.45) is 5.92 Å². The Morgan fingerprint density at radius 2 is 1.78 bits per heavy atom. The number of nitrogens with zero attached hydrogens (tertiary/aromatic N) is 6. The number of anilines is 2. The molecule has 0 saturated carbocycles. The van der Waals surface area contributed by atoms with E-state index >= 15 is 0 Å². The average molecular weight is 713 g/mol. The first-order valence-electron chi connectivity index (χ1n) is 18.1. The van der Waals surface area contributed by atoms with E-state index in [1.165, 1.54) is 22.6 Å². The number of aryl methyl sites for hydroxylation is 2. The Balaban J connectivity index is 0.00000276. The van der Waals surface area contributed by atoms with Gasteiger partial charge in [0.1, 0.15) is 17.6 Å². The number of likely N-dealkylation sites (tertiary alicyclic amines) is 1. The van der Waals surface area contributed by atoms with Crippen molar-refractivity contribution in [1.29, 1.82) is 5.26 Å². The van der Waals surface area contributed by atoms with Crippen molar-refractivity contribution in [3.8, 4) is 6.07 Å². The number of hydrogen-bond acceptors (Lipinski definition) is 8. The topological polar surface area (TPSA) is 85.0 Å². The van der Waals surface area contributed by atoms with Crippen molar-refractivity contribution >= 4 is 40.5 Å². The molecule has 0 bridgehead atoms. The number of hydrogen-bond donors (Lipinski definition) is 2. The zero-order valence-corrected chi connectivity index (χ0v) is 31.7. The number of aromatic nitrogens is 3. The molecule has 0 spiro atoms. The molecule has 5 rings (SSSR count). The Hall–Kier alpha value is -3.27. The van der Waals surface area contributed by atoms with E-state index in [1.54, 1.807) is 13.1 Å². The maximum absolute atomic E-state index is 13.5. The van der Waals surface area contributed by atoms with Crippen LogP contribution in [0.2, 0.25) is 0 Å². The lowest BCUT2D eigenvalue weighted by atomic mass is 9.93. The second kappa shape index (κ2) is 18.3. The number of benzene rings is 1. The minimum atomic E-state index is -4.29. The zero-order chi connectivity index (χ0) is 36.4. The van der Waals surface area contributed by atoms with Gasteiger partial charge >= 0.3 is 6.18 Å². The molecule has 8 nitrogen and oxygen atoms in total. The van der Waals surface area contributed by atoms with Crippen LogP contribution in [0.15, 0.2) is 23.8 Å². The Labute approximate surface area is 300 Å². The van der Waals surface area contributed by atoms with Crippen molar-refractivity contribution in [2.75, 3.05) is 61.9 Å². The van der Waals surface area contributed by atoms with Gasteiger partial charge in [-0.15, -0.1) is 0 Å². The summed E-state index contributed by atoms with van der Waals surface area (Å²) in [5.41, 5.74) is 5.94. The molecule has 1 aromatic carbocycles. The summed E-state index contributed by atoms with van der Waals surface area (Å²) in [6.45, 7) is 18.3. The van der Waals surface area contributed by atoms with Gasteiger partial charge in [-0.1, -0.05) is 39.3 Å². The van der Waals surface area contributed by atoms with Crippen LogP contribution in [0.3, 0.4) is 0 Å². The molecule has 2 aliphatic rings. The van der Waals surface area contributed by atoms with Gasteiger partial charge < -0.3 is 15.2 Å². The van der Waals surface area contributed by atoms with E-state index < -0.39 is 12.6 Å². The summed E-state index contributed by atoms with van der Waals surface area (Å²) in [5, 5.41) is 17.6. The van der Waals surface area contributed by atoms with Crippen LogP contribution in [0.5, 0.6) is 0 Å². The number of rotatable bonds is 12. The van der Waals surface area contributed by atoms with E-state index in [9.17, 15) is 18.4 Å². The van der Waals surface area contributed by atoms with Gasteiger partial charge in [0.25, 0.3) is 0 Å². The molecule has 2 fully saturated rings. The normalized spacial score (nSPS) is 17.3. The van der Waals surface area contributed by atoms with E-state index in [0.717, 1.165) is 69.6 Å². The smallest absolute Gasteiger partial charge is 0.367 e. The van der Waals surface area contributed by atoms with Crippen LogP contribution in [-0.2, 0) is 13.1 Å². The first-order chi connectivity index (χ1) is 24.0. The summed E-state index contributed by atoms with van der Waals surface area (Å²) >= 11 is 2.01. The predicted octanol–water partition coefficient (Wildman–Crippen LogP) is 8.49. The van der Waals surface area contributed by atoms with Gasteiger partial charge in [-0.05, 0) is 68.4 Å². The molecule has 0 amide bonds. The second-order valence-electron chi connectivity index (χ2n) is 13.2. The fourth-order valence-corrected chi connectivity index (χ4v) is 7.76. The molecule has 1 atom stereocenters. The third kappa shape index (κ3) is 10.2. The number of fused-ring (bicyclic) bond motifs is 1. The second-order valence-corrected chi connectivity index (χ2v) is 14.4. The van der Waals surface area contributed by atoms with Gasteiger partial charge in [0.15, 0.2) is 0 Å². The highest BCUT2D eigenvalue weighted by Gasteiger charge is 2.31. The van der Waals surface area contributed by atoms with Crippen LogP contribution in [-0.4, -0.2) is 87.8 Å². The summed E-state index contributed by atoms with van der Waals surface area (Å²) in [6.07, 6.45) is -1.19. The lowest BCUT2D eigenvalue weighted by Crippen LogP contribution is -2.39. The minimum Gasteiger partial charge on any atom is -0.367 e. The Bertz CT molecular complexity index is 1630. The molecule has 0 radical (unpaired) electrons. The Kier molecular flexibility index (Phi) is 14.5. The number of piperidine rings is 1. The number of thioether (sulfide) groups is 1.